The summed E-state index contributed by atoms with van der Waals surface area (Å²) in [6.45, 7) is 3.49. The van der Waals surface area contributed by atoms with E-state index in [9.17, 15) is 14.4 Å². The number of hydrogen-bond acceptors (Lipinski definition) is 7. The van der Waals surface area contributed by atoms with E-state index < -0.39 is 0 Å². The van der Waals surface area contributed by atoms with E-state index in [2.05, 4.69) is 26.3 Å². The lowest BCUT2D eigenvalue weighted by Gasteiger charge is -2.16. The number of nitrogens with one attached hydrogen (secondary N) is 4. The van der Waals surface area contributed by atoms with Crippen LogP contribution in [0.4, 0.5) is 4.79 Å². The fraction of sp³-hybridized carbons (Fsp3) is 0.517. The standard InChI is InChI=1S/C29H40N6O4S/c1-19-14-20(17-30)15-26(33-19)39-22-9-7-8-21(16-22)28(37)32-13-6-2-5-12-31-25(36)11-4-3-10-24-27-23(18-40-24)34-29(38)35-27/h7-9,14-16,23-24,27H,2-6,10-13,17-18,30H2,1H3,(H,31,36)(H,32,37)(H2,34,35,38)/t23-,24-,27-/m0/s1. The van der Waals surface area contributed by atoms with Gasteiger partial charge in [0.1, 0.15) is 5.75 Å². The smallest absolute Gasteiger partial charge is 0.315 e. The van der Waals surface area contributed by atoms with E-state index in [0.717, 1.165) is 55.5 Å². The number of thioether (sulfide) groups is 1. The number of urea groups is 1. The van der Waals surface area contributed by atoms with Gasteiger partial charge in [0.05, 0.1) is 12.1 Å². The summed E-state index contributed by atoms with van der Waals surface area (Å²) in [5.41, 5.74) is 8.00. The van der Waals surface area contributed by atoms with Gasteiger partial charge in [0.25, 0.3) is 5.91 Å². The van der Waals surface area contributed by atoms with Crippen LogP contribution in [0.1, 0.15) is 66.6 Å². The van der Waals surface area contributed by atoms with Crippen LogP contribution in [-0.4, -0.2) is 59.0 Å². The third-order valence-corrected chi connectivity index (χ3v) is 8.59. The largest absolute Gasteiger partial charge is 0.439 e. The van der Waals surface area contributed by atoms with Gasteiger partial charge in [-0.15, -0.1) is 0 Å². The van der Waals surface area contributed by atoms with Gasteiger partial charge in [0, 0.05) is 54.4 Å². The van der Waals surface area contributed by atoms with Crippen molar-refractivity contribution in [1.82, 2.24) is 26.3 Å². The van der Waals surface area contributed by atoms with E-state index in [1.54, 1.807) is 30.3 Å². The van der Waals surface area contributed by atoms with Crippen LogP contribution >= 0.6 is 11.8 Å². The van der Waals surface area contributed by atoms with Crippen molar-refractivity contribution in [3.05, 3.63) is 53.2 Å². The van der Waals surface area contributed by atoms with E-state index in [4.69, 9.17) is 10.5 Å². The Morgan fingerprint density at radius 2 is 1.90 bits per heavy atom. The number of aryl methyl sites for hydroxylation is 1. The lowest BCUT2D eigenvalue weighted by atomic mass is 10.0. The number of aromatic nitrogens is 1. The Hall–Kier alpha value is -3.31. The number of carbonyl (C=O) groups excluding carboxylic acids is 3. The molecule has 11 heteroatoms. The highest BCUT2D eigenvalue weighted by molar-refractivity contribution is 8.00. The number of ether oxygens (including phenoxy) is 1. The number of pyridine rings is 1. The van der Waals surface area contributed by atoms with Crippen molar-refractivity contribution in [3.63, 3.8) is 0 Å². The minimum Gasteiger partial charge on any atom is -0.439 e. The third kappa shape index (κ3) is 8.85. The first-order chi connectivity index (χ1) is 19.4. The molecule has 0 spiro atoms. The molecule has 2 aromatic rings. The van der Waals surface area contributed by atoms with E-state index in [1.165, 1.54) is 0 Å². The Morgan fingerprint density at radius 3 is 2.73 bits per heavy atom. The molecule has 2 aliphatic rings. The van der Waals surface area contributed by atoms with Crippen LogP contribution < -0.4 is 31.7 Å². The normalized spacial score (nSPS) is 19.4. The molecule has 10 nitrogen and oxygen atoms in total. The number of nitrogens with two attached hydrogens (primary N) is 1. The number of amides is 4. The first kappa shape index (κ1) is 29.7. The van der Waals surface area contributed by atoms with Crippen LogP contribution in [0.25, 0.3) is 0 Å². The van der Waals surface area contributed by atoms with E-state index in [-0.39, 0.29) is 29.9 Å². The molecule has 2 saturated heterocycles. The van der Waals surface area contributed by atoms with E-state index >= 15 is 0 Å². The average Bonchev–Trinajstić information content (AvgIpc) is 3.49. The van der Waals surface area contributed by atoms with Crippen LogP contribution in [-0.2, 0) is 11.3 Å². The summed E-state index contributed by atoms with van der Waals surface area (Å²) in [4.78, 5) is 40.6. The molecule has 216 valence electrons. The Kier molecular flexibility index (Phi) is 11.1. The summed E-state index contributed by atoms with van der Waals surface area (Å²) in [6, 6.07) is 11.1. The molecule has 2 aliphatic heterocycles. The second kappa shape index (κ2) is 14.9. The summed E-state index contributed by atoms with van der Waals surface area (Å²) in [5, 5.41) is 12.3. The van der Waals surface area contributed by atoms with Gasteiger partial charge in [-0.05, 0) is 68.9 Å². The minimum atomic E-state index is -0.156. The fourth-order valence-corrected chi connectivity index (χ4v) is 6.56. The Bertz CT molecular complexity index is 1180. The molecule has 3 atom stereocenters. The predicted molar refractivity (Wildman–Crippen MR) is 157 cm³/mol. The molecule has 6 N–H and O–H groups in total. The molecule has 40 heavy (non-hydrogen) atoms. The van der Waals surface area contributed by atoms with Crippen molar-refractivity contribution in [2.24, 2.45) is 5.73 Å². The fourth-order valence-electron chi connectivity index (χ4n) is 5.02. The van der Waals surface area contributed by atoms with Gasteiger partial charge in [0.15, 0.2) is 0 Å². The highest BCUT2D eigenvalue weighted by Crippen LogP contribution is 2.33. The molecule has 4 amide bonds. The zero-order chi connectivity index (χ0) is 28.3. The lowest BCUT2D eigenvalue weighted by molar-refractivity contribution is -0.121. The zero-order valence-corrected chi connectivity index (χ0v) is 23.9. The quantitative estimate of drug-likeness (QED) is 0.163. The molecular weight excluding hydrogens is 528 g/mol. The summed E-state index contributed by atoms with van der Waals surface area (Å²) in [6.07, 6.45) is 6.00. The van der Waals surface area contributed by atoms with Crippen molar-refractivity contribution in [2.75, 3.05) is 18.8 Å². The molecule has 0 aliphatic carbocycles. The number of nitrogens with zero attached hydrogens (tertiary/aromatic N) is 1. The molecule has 3 heterocycles. The van der Waals surface area contributed by atoms with E-state index in [0.29, 0.717) is 48.5 Å². The summed E-state index contributed by atoms with van der Waals surface area (Å²) >= 11 is 1.91. The maximum Gasteiger partial charge on any atom is 0.315 e. The molecule has 0 bridgehead atoms. The topological polar surface area (TPSA) is 147 Å². The van der Waals surface area contributed by atoms with Gasteiger partial charge in [-0.2, -0.15) is 11.8 Å². The zero-order valence-electron chi connectivity index (χ0n) is 23.0. The van der Waals surface area contributed by atoms with Gasteiger partial charge >= 0.3 is 6.03 Å². The van der Waals surface area contributed by atoms with Gasteiger partial charge < -0.3 is 31.7 Å². The maximum absolute atomic E-state index is 12.6. The molecule has 1 aromatic heterocycles. The lowest BCUT2D eigenvalue weighted by Crippen LogP contribution is -2.36. The number of unbranched alkanes of at least 4 members (excludes halogenated alkanes) is 3. The third-order valence-electron chi connectivity index (χ3n) is 7.09. The molecule has 4 rings (SSSR count). The average molecular weight is 569 g/mol. The SMILES string of the molecule is Cc1cc(CN)cc(Oc2cccc(C(=O)NCCCCCNC(=O)CCCC[C@@H]3SC[C@@H]4NC(=O)N[C@@H]43)c2)n1. The molecular formula is C29H40N6O4S. The number of benzene rings is 1. The highest BCUT2D eigenvalue weighted by atomic mass is 32.2. The van der Waals surface area contributed by atoms with Crippen molar-refractivity contribution >= 4 is 29.6 Å². The van der Waals surface area contributed by atoms with Crippen LogP contribution in [0.5, 0.6) is 11.6 Å². The van der Waals surface area contributed by atoms with Crippen LogP contribution in [0.3, 0.4) is 0 Å². The monoisotopic (exact) mass is 568 g/mol. The Balaban J connectivity index is 1.04. The highest BCUT2D eigenvalue weighted by Gasteiger charge is 2.42. The van der Waals surface area contributed by atoms with Crippen molar-refractivity contribution < 1.29 is 19.1 Å². The molecule has 0 unspecified atom stereocenters. The summed E-state index contributed by atoms with van der Waals surface area (Å²) in [5.74, 6) is 1.88. The molecule has 2 fully saturated rings. The number of carbonyl (C=O) groups is 3. The second-order valence-corrected chi connectivity index (χ2v) is 11.6. The maximum atomic E-state index is 12.6. The molecule has 1 aromatic carbocycles. The summed E-state index contributed by atoms with van der Waals surface area (Å²) in [7, 11) is 0. The number of fused-ring (bicyclic) bond motifs is 1. The number of hydrogen-bond donors (Lipinski definition) is 5. The van der Waals surface area contributed by atoms with Crippen molar-refractivity contribution in [2.45, 2.75) is 75.7 Å². The van der Waals surface area contributed by atoms with Crippen molar-refractivity contribution in [3.8, 4) is 11.6 Å². The first-order valence-electron chi connectivity index (χ1n) is 14.1. The summed E-state index contributed by atoms with van der Waals surface area (Å²) < 4.78 is 5.86. The minimum absolute atomic E-state index is 0.0586. The first-order valence-corrected chi connectivity index (χ1v) is 15.2. The molecule has 0 saturated carbocycles. The Labute approximate surface area is 240 Å². The van der Waals surface area contributed by atoms with Crippen LogP contribution in [0, 0.1) is 6.92 Å². The number of rotatable bonds is 15. The molecule has 0 radical (unpaired) electrons. The van der Waals surface area contributed by atoms with E-state index in [1.807, 2.05) is 24.8 Å². The van der Waals surface area contributed by atoms with Gasteiger partial charge in [0.2, 0.25) is 11.8 Å². The van der Waals surface area contributed by atoms with Crippen LogP contribution in [0.15, 0.2) is 36.4 Å². The van der Waals surface area contributed by atoms with Gasteiger partial charge in [-0.1, -0.05) is 12.5 Å². The van der Waals surface area contributed by atoms with Gasteiger partial charge in [-0.25, -0.2) is 9.78 Å². The second-order valence-electron chi connectivity index (χ2n) is 10.3. The van der Waals surface area contributed by atoms with Gasteiger partial charge in [-0.3, -0.25) is 9.59 Å². The van der Waals surface area contributed by atoms with Crippen molar-refractivity contribution in [1.29, 1.82) is 0 Å². The Morgan fingerprint density at radius 1 is 1.07 bits per heavy atom. The predicted octanol–water partition coefficient (Wildman–Crippen LogP) is 3.38. The van der Waals surface area contributed by atoms with Crippen LogP contribution in [0.2, 0.25) is 0 Å².